The summed E-state index contributed by atoms with van der Waals surface area (Å²) in [6, 6.07) is 5.85. The molecule has 1 aromatic carbocycles. The second kappa shape index (κ2) is 9.14. The van der Waals surface area contributed by atoms with E-state index in [1.807, 2.05) is 18.2 Å². The fourth-order valence-electron chi connectivity index (χ4n) is 2.87. The highest BCUT2D eigenvalue weighted by Crippen LogP contribution is 2.32. The molecular formula is C18H29ClN2O3. The summed E-state index contributed by atoms with van der Waals surface area (Å²) in [5.74, 6) is 1.51. The van der Waals surface area contributed by atoms with Crippen LogP contribution in [0.25, 0.3) is 0 Å². The highest BCUT2D eigenvalue weighted by atomic mass is 35.5. The summed E-state index contributed by atoms with van der Waals surface area (Å²) in [4.78, 5) is 12.3. The number of nitrogens with one attached hydrogen (secondary N) is 2. The van der Waals surface area contributed by atoms with Gasteiger partial charge in [-0.15, -0.1) is 12.4 Å². The van der Waals surface area contributed by atoms with E-state index in [1.165, 1.54) is 0 Å². The Labute approximate surface area is 150 Å². The molecule has 0 bridgehead atoms. The van der Waals surface area contributed by atoms with E-state index in [0.29, 0.717) is 18.0 Å². The van der Waals surface area contributed by atoms with Gasteiger partial charge in [0.05, 0.1) is 20.3 Å². The molecule has 1 aromatic rings. The van der Waals surface area contributed by atoms with Crippen molar-refractivity contribution in [1.82, 2.24) is 10.6 Å². The molecule has 1 aliphatic rings. The number of hydrogen-bond acceptors (Lipinski definition) is 4. The Morgan fingerprint density at radius 1 is 1.25 bits per heavy atom. The van der Waals surface area contributed by atoms with Crippen LogP contribution < -0.4 is 20.1 Å². The van der Waals surface area contributed by atoms with Gasteiger partial charge < -0.3 is 20.1 Å². The average molecular weight is 357 g/mol. The van der Waals surface area contributed by atoms with E-state index in [4.69, 9.17) is 9.47 Å². The third kappa shape index (κ3) is 5.02. The smallest absolute Gasteiger partial charge is 0.237 e. The molecule has 1 saturated heterocycles. The van der Waals surface area contributed by atoms with E-state index in [0.717, 1.165) is 31.4 Å². The average Bonchev–Trinajstić information content (AvgIpc) is 2.59. The van der Waals surface area contributed by atoms with E-state index in [2.05, 4.69) is 24.5 Å². The lowest BCUT2D eigenvalue weighted by molar-refractivity contribution is -0.123. The molecule has 136 valence electrons. The van der Waals surface area contributed by atoms with Gasteiger partial charge in [0.25, 0.3) is 0 Å². The van der Waals surface area contributed by atoms with E-state index in [9.17, 15) is 4.79 Å². The van der Waals surface area contributed by atoms with Crippen molar-refractivity contribution in [3.8, 4) is 11.5 Å². The minimum atomic E-state index is -0.191. The van der Waals surface area contributed by atoms with Gasteiger partial charge in [0.15, 0.2) is 11.5 Å². The van der Waals surface area contributed by atoms with E-state index >= 15 is 0 Å². The molecule has 5 nitrogen and oxygen atoms in total. The van der Waals surface area contributed by atoms with Crippen molar-refractivity contribution in [2.75, 3.05) is 27.3 Å². The maximum atomic E-state index is 12.3. The molecular weight excluding hydrogens is 328 g/mol. The van der Waals surface area contributed by atoms with Crippen LogP contribution in [-0.4, -0.2) is 39.3 Å². The number of halogens is 1. The third-order valence-electron chi connectivity index (χ3n) is 4.50. The van der Waals surface area contributed by atoms with Crippen molar-refractivity contribution >= 4 is 18.3 Å². The molecule has 1 fully saturated rings. The van der Waals surface area contributed by atoms with Gasteiger partial charge in [0.2, 0.25) is 5.91 Å². The number of carbonyl (C=O) groups is 1. The number of rotatable bonds is 6. The van der Waals surface area contributed by atoms with Crippen LogP contribution in [0.1, 0.15) is 38.7 Å². The minimum Gasteiger partial charge on any atom is -0.493 e. The summed E-state index contributed by atoms with van der Waals surface area (Å²) in [5.41, 5.74) is 0.913. The number of carbonyl (C=O) groups excluding carboxylic acids is 1. The van der Waals surface area contributed by atoms with Crippen molar-refractivity contribution in [3.05, 3.63) is 23.8 Å². The van der Waals surface area contributed by atoms with Crippen LogP contribution in [0.5, 0.6) is 11.5 Å². The number of ether oxygens (including phenoxy) is 2. The highest BCUT2D eigenvalue weighted by Gasteiger charge is 2.26. The predicted octanol–water partition coefficient (Wildman–Crippen LogP) is 2.66. The molecule has 2 rings (SSSR count). The van der Waals surface area contributed by atoms with Crippen molar-refractivity contribution in [1.29, 1.82) is 0 Å². The summed E-state index contributed by atoms with van der Waals surface area (Å²) >= 11 is 0. The van der Waals surface area contributed by atoms with Crippen molar-refractivity contribution < 1.29 is 14.3 Å². The molecule has 0 aromatic heterocycles. The first-order valence-electron chi connectivity index (χ1n) is 8.21. The zero-order valence-electron chi connectivity index (χ0n) is 15.0. The second-order valence-corrected chi connectivity index (χ2v) is 6.67. The molecule has 2 N–H and O–H groups in total. The van der Waals surface area contributed by atoms with Crippen molar-refractivity contribution in [3.63, 3.8) is 0 Å². The summed E-state index contributed by atoms with van der Waals surface area (Å²) in [7, 11) is 3.26. The van der Waals surface area contributed by atoms with Crippen LogP contribution in [0.2, 0.25) is 0 Å². The van der Waals surface area contributed by atoms with Gasteiger partial charge in [0.1, 0.15) is 0 Å². The minimum absolute atomic E-state index is 0. The highest BCUT2D eigenvalue weighted by molar-refractivity contribution is 5.85. The summed E-state index contributed by atoms with van der Waals surface area (Å²) in [5, 5.41) is 6.36. The summed E-state index contributed by atoms with van der Waals surface area (Å²) < 4.78 is 10.6. The zero-order valence-corrected chi connectivity index (χ0v) is 15.8. The van der Waals surface area contributed by atoms with Gasteiger partial charge in [-0.3, -0.25) is 4.79 Å². The molecule has 0 spiro atoms. The first-order chi connectivity index (χ1) is 11.0. The topological polar surface area (TPSA) is 59.6 Å². The van der Waals surface area contributed by atoms with Gasteiger partial charge in [-0.2, -0.15) is 0 Å². The molecule has 0 radical (unpaired) electrons. The number of amides is 1. The van der Waals surface area contributed by atoms with Crippen LogP contribution in [0.3, 0.4) is 0 Å². The van der Waals surface area contributed by atoms with Gasteiger partial charge in [-0.05, 0) is 37.1 Å². The standard InChI is InChI=1S/C18H28N2O3.ClH/c1-18(2,12-20-17(21)14-7-5-6-10-19-14)13-8-9-15(22-3)16(11-13)23-4;/h8-9,11,14,19H,5-7,10,12H2,1-4H3,(H,20,21);1H. The Kier molecular flexibility index (Phi) is 7.84. The normalized spacial score (nSPS) is 17.6. The van der Waals surface area contributed by atoms with Crippen LogP contribution in [0, 0.1) is 0 Å². The number of hydrogen-bond donors (Lipinski definition) is 2. The van der Waals surface area contributed by atoms with Crippen LogP contribution >= 0.6 is 12.4 Å². The molecule has 1 amide bonds. The lowest BCUT2D eigenvalue weighted by Gasteiger charge is -2.29. The Hall–Kier alpha value is -1.46. The number of methoxy groups -OCH3 is 2. The van der Waals surface area contributed by atoms with E-state index < -0.39 is 0 Å². The van der Waals surface area contributed by atoms with Gasteiger partial charge in [-0.1, -0.05) is 26.3 Å². The Morgan fingerprint density at radius 3 is 2.54 bits per heavy atom. The quantitative estimate of drug-likeness (QED) is 0.822. The molecule has 1 heterocycles. The Balaban J connectivity index is 0.00000288. The maximum Gasteiger partial charge on any atom is 0.237 e. The Morgan fingerprint density at radius 2 is 1.96 bits per heavy atom. The predicted molar refractivity (Wildman–Crippen MR) is 98.5 cm³/mol. The van der Waals surface area contributed by atoms with Gasteiger partial charge in [0, 0.05) is 12.0 Å². The summed E-state index contributed by atoms with van der Waals surface area (Å²) in [6.07, 6.45) is 3.19. The van der Waals surface area contributed by atoms with Crippen molar-refractivity contribution in [2.45, 2.75) is 44.6 Å². The molecule has 0 aliphatic carbocycles. The first-order valence-corrected chi connectivity index (χ1v) is 8.21. The molecule has 1 atom stereocenters. The van der Waals surface area contributed by atoms with Crippen LogP contribution in [0.15, 0.2) is 18.2 Å². The SMILES string of the molecule is COc1ccc(C(C)(C)CNC(=O)C2CCCCN2)cc1OC.Cl. The molecule has 6 heteroatoms. The Bertz CT molecular complexity index is 543. The maximum absolute atomic E-state index is 12.3. The molecule has 1 unspecified atom stereocenters. The monoisotopic (exact) mass is 356 g/mol. The molecule has 1 aliphatic heterocycles. The lowest BCUT2D eigenvalue weighted by atomic mass is 9.84. The fraction of sp³-hybridized carbons (Fsp3) is 0.611. The lowest BCUT2D eigenvalue weighted by Crippen LogP contribution is -2.49. The second-order valence-electron chi connectivity index (χ2n) is 6.67. The van der Waals surface area contributed by atoms with Crippen molar-refractivity contribution in [2.24, 2.45) is 0 Å². The first kappa shape index (κ1) is 20.6. The summed E-state index contributed by atoms with van der Waals surface area (Å²) in [6.45, 7) is 5.74. The zero-order chi connectivity index (χ0) is 16.9. The van der Waals surface area contributed by atoms with Gasteiger partial charge in [-0.25, -0.2) is 0 Å². The van der Waals surface area contributed by atoms with Gasteiger partial charge >= 0.3 is 0 Å². The largest absolute Gasteiger partial charge is 0.493 e. The molecule has 24 heavy (non-hydrogen) atoms. The molecule has 0 saturated carbocycles. The van der Waals surface area contributed by atoms with Crippen LogP contribution in [-0.2, 0) is 10.2 Å². The van der Waals surface area contributed by atoms with E-state index in [-0.39, 0.29) is 29.8 Å². The van der Waals surface area contributed by atoms with Crippen LogP contribution in [0.4, 0.5) is 0 Å². The fourth-order valence-corrected chi connectivity index (χ4v) is 2.87. The third-order valence-corrected chi connectivity index (χ3v) is 4.50. The number of piperidine rings is 1. The number of benzene rings is 1. The van der Waals surface area contributed by atoms with E-state index in [1.54, 1.807) is 14.2 Å².